The highest BCUT2D eigenvalue weighted by atomic mass is 14.7. The minimum absolute atomic E-state index is 0.656. The Morgan fingerprint density at radius 1 is 1.29 bits per heavy atom. The molecule has 0 aliphatic rings. The van der Waals surface area contributed by atoms with Gasteiger partial charge in [-0.15, -0.1) is 0 Å². The van der Waals surface area contributed by atoms with Gasteiger partial charge in [-0.05, 0) is 37.5 Å². The second-order valence-corrected chi connectivity index (χ2v) is 3.93. The van der Waals surface area contributed by atoms with Gasteiger partial charge in [-0.2, -0.15) is 0 Å². The van der Waals surface area contributed by atoms with Crippen molar-refractivity contribution in [3.05, 3.63) is 35.2 Å². The fourth-order valence-corrected chi connectivity index (χ4v) is 1.37. The van der Waals surface area contributed by atoms with E-state index in [9.17, 15) is 0 Å². The average molecular weight is 189 g/mol. The first-order valence-corrected chi connectivity index (χ1v) is 5.25. The van der Waals surface area contributed by atoms with Crippen LogP contribution in [-0.4, -0.2) is 4.98 Å². The van der Waals surface area contributed by atoms with E-state index < -0.39 is 0 Å². The summed E-state index contributed by atoms with van der Waals surface area (Å²) in [5.74, 6) is 0.656. The van der Waals surface area contributed by atoms with E-state index in [0.29, 0.717) is 5.92 Å². The summed E-state index contributed by atoms with van der Waals surface area (Å²) in [5.41, 5.74) is 3.44. The van der Waals surface area contributed by atoms with Crippen LogP contribution in [0.2, 0.25) is 0 Å². The minimum Gasteiger partial charge on any atom is -0.258 e. The molecule has 0 radical (unpaired) electrons. The van der Waals surface area contributed by atoms with Crippen molar-refractivity contribution in [2.24, 2.45) is 5.92 Å². The maximum atomic E-state index is 4.35. The highest BCUT2D eigenvalue weighted by Crippen LogP contribution is 2.10. The maximum absolute atomic E-state index is 4.35. The Balaban J connectivity index is 2.81. The first kappa shape index (κ1) is 11.0. The van der Waals surface area contributed by atoms with Crippen molar-refractivity contribution < 1.29 is 0 Å². The topological polar surface area (TPSA) is 12.9 Å². The molecule has 1 heteroatoms. The predicted octanol–water partition coefficient (Wildman–Crippen LogP) is 3.76. The molecule has 0 aromatic carbocycles. The Morgan fingerprint density at radius 2 is 1.86 bits per heavy atom. The van der Waals surface area contributed by atoms with Crippen molar-refractivity contribution in [3.8, 4) is 0 Å². The van der Waals surface area contributed by atoms with Gasteiger partial charge in [0.25, 0.3) is 0 Å². The molecule has 0 fully saturated rings. The maximum Gasteiger partial charge on any atom is 0.0381 e. The lowest BCUT2D eigenvalue weighted by molar-refractivity contribution is 0.701. The van der Waals surface area contributed by atoms with Crippen molar-refractivity contribution in [1.82, 2.24) is 4.98 Å². The molecule has 1 atom stereocenters. The van der Waals surface area contributed by atoms with Crippen molar-refractivity contribution in [1.29, 1.82) is 0 Å². The fraction of sp³-hybridized carbons (Fsp3) is 0.462. The van der Waals surface area contributed by atoms with Gasteiger partial charge in [-0.3, -0.25) is 4.98 Å². The standard InChI is InChI=1S/C13H19N/c1-5-10(2)6-7-13-8-11(3)14-12(4)9-13/h6-10H,5H2,1-4H3/b7-6+. The molecular weight excluding hydrogens is 170 g/mol. The van der Waals surface area contributed by atoms with Crippen LogP contribution in [-0.2, 0) is 0 Å². The van der Waals surface area contributed by atoms with Gasteiger partial charge >= 0.3 is 0 Å². The Bertz CT molecular complexity index is 306. The second kappa shape index (κ2) is 4.94. The minimum atomic E-state index is 0.656. The van der Waals surface area contributed by atoms with Crippen LogP contribution in [0.3, 0.4) is 0 Å². The van der Waals surface area contributed by atoms with Gasteiger partial charge in [-0.25, -0.2) is 0 Å². The molecule has 76 valence electrons. The van der Waals surface area contributed by atoms with Crippen LogP contribution in [0, 0.1) is 19.8 Å². The molecule has 1 rings (SSSR count). The van der Waals surface area contributed by atoms with Gasteiger partial charge in [0.1, 0.15) is 0 Å². The van der Waals surface area contributed by atoms with Crippen LogP contribution < -0.4 is 0 Å². The van der Waals surface area contributed by atoms with Gasteiger partial charge in [0.15, 0.2) is 0 Å². The second-order valence-electron chi connectivity index (χ2n) is 3.93. The molecule has 1 aromatic rings. The van der Waals surface area contributed by atoms with Crippen molar-refractivity contribution in [2.45, 2.75) is 34.1 Å². The molecule has 0 bridgehead atoms. The zero-order chi connectivity index (χ0) is 10.6. The SMILES string of the molecule is CCC(C)/C=C/c1cc(C)nc(C)c1. The Morgan fingerprint density at radius 3 is 2.36 bits per heavy atom. The smallest absolute Gasteiger partial charge is 0.0381 e. The van der Waals surface area contributed by atoms with Crippen LogP contribution in [0.5, 0.6) is 0 Å². The van der Waals surface area contributed by atoms with Gasteiger partial charge in [0.2, 0.25) is 0 Å². The number of nitrogens with zero attached hydrogens (tertiary/aromatic N) is 1. The van der Waals surface area contributed by atoms with E-state index in [1.54, 1.807) is 0 Å². The van der Waals surface area contributed by atoms with Crippen LogP contribution in [0.4, 0.5) is 0 Å². The zero-order valence-corrected chi connectivity index (χ0v) is 9.54. The number of aryl methyl sites for hydroxylation is 2. The summed E-state index contributed by atoms with van der Waals surface area (Å²) >= 11 is 0. The normalized spacial score (nSPS) is 13.4. The van der Waals surface area contributed by atoms with Crippen LogP contribution in [0.1, 0.15) is 37.2 Å². The Labute approximate surface area is 86.9 Å². The summed E-state index contributed by atoms with van der Waals surface area (Å²) in [6, 6.07) is 4.23. The molecule has 0 amide bonds. The molecular formula is C13H19N. The number of rotatable bonds is 3. The van der Waals surface area contributed by atoms with Crippen molar-refractivity contribution in [3.63, 3.8) is 0 Å². The van der Waals surface area contributed by atoms with Crippen LogP contribution in [0.15, 0.2) is 18.2 Å². The summed E-state index contributed by atoms with van der Waals surface area (Å²) in [6.07, 6.45) is 5.64. The summed E-state index contributed by atoms with van der Waals surface area (Å²) in [6.45, 7) is 8.51. The molecule has 0 saturated carbocycles. The Hall–Kier alpha value is -1.11. The van der Waals surface area contributed by atoms with Gasteiger partial charge in [-0.1, -0.05) is 32.4 Å². The van der Waals surface area contributed by atoms with Crippen molar-refractivity contribution >= 4 is 6.08 Å². The van der Waals surface area contributed by atoms with E-state index >= 15 is 0 Å². The average Bonchev–Trinajstić information content (AvgIpc) is 2.12. The van der Waals surface area contributed by atoms with Crippen LogP contribution >= 0.6 is 0 Å². The third-order valence-corrected chi connectivity index (χ3v) is 2.36. The number of hydrogen-bond acceptors (Lipinski definition) is 1. The first-order valence-electron chi connectivity index (χ1n) is 5.25. The number of pyridine rings is 1. The van der Waals surface area contributed by atoms with Gasteiger partial charge in [0.05, 0.1) is 0 Å². The van der Waals surface area contributed by atoms with Crippen LogP contribution in [0.25, 0.3) is 6.08 Å². The third kappa shape index (κ3) is 3.33. The highest BCUT2D eigenvalue weighted by Gasteiger charge is 1.94. The molecule has 0 spiro atoms. The molecule has 1 aromatic heterocycles. The van der Waals surface area contributed by atoms with E-state index in [-0.39, 0.29) is 0 Å². The lowest BCUT2D eigenvalue weighted by Gasteiger charge is -2.01. The molecule has 1 nitrogen and oxygen atoms in total. The summed E-state index contributed by atoms with van der Waals surface area (Å²) < 4.78 is 0. The van der Waals surface area contributed by atoms with E-state index in [0.717, 1.165) is 11.4 Å². The van der Waals surface area contributed by atoms with E-state index in [2.05, 4.69) is 43.1 Å². The highest BCUT2D eigenvalue weighted by molar-refractivity contribution is 5.50. The largest absolute Gasteiger partial charge is 0.258 e. The first-order chi connectivity index (χ1) is 6.61. The summed E-state index contributed by atoms with van der Waals surface area (Å²) in [5, 5.41) is 0. The molecule has 0 aliphatic carbocycles. The van der Waals surface area contributed by atoms with Gasteiger partial charge < -0.3 is 0 Å². The Kier molecular flexibility index (Phi) is 3.87. The molecule has 1 unspecified atom stereocenters. The molecule has 0 N–H and O–H groups in total. The number of aromatic nitrogens is 1. The lowest BCUT2D eigenvalue weighted by Crippen LogP contribution is -1.88. The predicted molar refractivity (Wildman–Crippen MR) is 62.2 cm³/mol. The number of hydrogen-bond donors (Lipinski definition) is 0. The number of allylic oxidation sites excluding steroid dienone is 1. The third-order valence-electron chi connectivity index (χ3n) is 2.36. The molecule has 14 heavy (non-hydrogen) atoms. The van der Waals surface area contributed by atoms with E-state index in [4.69, 9.17) is 0 Å². The van der Waals surface area contributed by atoms with Gasteiger partial charge in [0, 0.05) is 11.4 Å². The van der Waals surface area contributed by atoms with E-state index in [1.165, 1.54) is 12.0 Å². The lowest BCUT2D eigenvalue weighted by atomic mass is 10.1. The van der Waals surface area contributed by atoms with Crippen molar-refractivity contribution in [2.75, 3.05) is 0 Å². The fourth-order valence-electron chi connectivity index (χ4n) is 1.37. The van der Waals surface area contributed by atoms with E-state index in [1.807, 2.05) is 13.8 Å². The monoisotopic (exact) mass is 189 g/mol. The molecule has 0 aliphatic heterocycles. The zero-order valence-electron chi connectivity index (χ0n) is 9.54. The quantitative estimate of drug-likeness (QED) is 0.705. The molecule has 0 saturated heterocycles. The summed E-state index contributed by atoms with van der Waals surface area (Å²) in [4.78, 5) is 4.35. The molecule has 1 heterocycles. The summed E-state index contributed by atoms with van der Waals surface area (Å²) in [7, 11) is 0.